The zero-order valence-corrected chi connectivity index (χ0v) is 20.5. The summed E-state index contributed by atoms with van der Waals surface area (Å²) in [5.74, 6) is 0.0242. The number of rotatable bonds is 8. The van der Waals surface area contributed by atoms with Gasteiger partial charge in [-0.3, -0.25) is 19.3 Å². The molecule has 34 heavy (non-hydrogen) atoms. The van der Waals surface area contributed by atoms with Gasteiger partial charge in [0.1, 0.15) is 5.82 Å². The van der Waals surface area contributed by atoms with Crippen LogP contribution in [0.15, 0.2) is 36.7 Å². The first-order valence-corrected chi connectivity index (χ1v) is 12.1. The van der Waals surface area contributed by atoms with Crippen molar-refractivity contribution in [2.45, 2.75) is 50.0 Å². The number of piperidine rings is 1. The van der Waals surface area contributed by atoms with E-state index in [1.807, 2.05) is 22.7 Å². The minimum absolute atomic E-state index is 0.0742. The molecule has 0 aliphatic carbocycles. The van der Waals surface area contributed by atoms with Gasteiger partial charge in [-0.15, -0.1) is 0 Å². The van der Waals surface area contributed by atoms with Gasteiger partial charge in [0.25, 0.3) is 0 Å². The molecule has 2 atom stereocenters. The monoisotopic (exact) mass is 486 g/mol. The summed E-state index contributed by atoms with van der Waals surface area (Å²) >= 11 is 6.54. The first-order valence-electron chi connectivity index (χ1n) is 11.7. The first-order chi connectivity index (χ1) is 16.4. The fraction of sp³-hybridized carbons (Fsp3) is 0.520. The minimum atomic E-state index is -1.32. The Morgan fingerprint density at radius 1 is 1.26 bits per heavy atom. The molecule has 0 N–H and O–H groups in total. The number of methoxy groups -OCH3 is 1. The molecule has 4 rings (SSSR count). The highest BCUT2D eigenvalue weighted by atomic mass is 35.5. The average molecular weight is 487 g/mol. The summed E-state index contributed by atoms with van der Waals surface area (Å²) in [4.78, 5) is 48.2. The van der Waals surface area contributed by atoms with E-state index in [4.69, 9.17) is 16.3 Å². The Balaban J connectivity index is 1.67. The molecule has 1 aromatic heterocycles. The number of halogens is 1. The van der Waals surface area contributed by atoms with E-state index < -0.39 is 5.41 Å². The molecule has 0 spiro atoms. The third-order valence-electron chi connectivity index (χ3n) is 6.96. The van der Waals surface area contributed by atoms with E-state index >= 15 is 0 Å². The number of nitrogens with zero attached hydrogens (tertiary/aromatic N) is 4. The maximum Gasteiger partial charge on any atom is 0.240 e. The smallest absolute Gasteiger partial charge is 0.240 e. The number of ether oxygens (including phenoxy) is 1. The maximum atomic E-state index is 13.8. The molecular weight excluding hydrogens is 456 g/mol. The number of benzene rings is 1. The molecule has 3 heterocycles. The number of aryl methyl sites for hydroxylation is 1. The second kappa shape index (κ2) is 10.3. The second-order valence-electron chi connectivity index (χ2n) is 9.11. The van der Waals surface area contributed by atoms with Crippen LogP contribution in [0.2, 0.25) is 5.02 Å². The van der Waals surface area contributed by atoms with Gasteiger partial charge >= 0.3 is 0 Å². The molecule has 3 amide bonds. The highest BCUT2D eigenvalue weighted by Gasteiger charge is 2.55. The van der Waals surface area contributed by atoms with Gasteiger partial charge in [0, 0.05) is 64.1 Å². The maximum absolute atomic E-state index is 13.8. The lowest BCUT2D eigenvalue weighted by molar-refractivity contribution is -0.144. The number of likely N-dealkylation sites (tertiary alicyclic amines) is 2. The number of carbonyl (C=O) groups is 3. The highest BCUT2D eigenvalue weighted by Crippen LogP contribution is 2.44. The van der Waals surface area contributed by atoms with Crippen LogP contribution in [0.5, 0.6) is 0 Å². The third-order valence-corrected chi connectivity index (χ3v) is 7.29. The standard InChI is InChI=1S/C25H31ClN4O4/c1-28-14-11-27-23(28)20-10-5-6-12-29(20)21(31)16-25(18-8-3-4-9-19(18)26)17-22(32)30(24(25)33)13-7-15-34-2/h3-4,8-9,11,14,20H,5-7,10,12-13,15-17H2,1-2H3/t20-,25+/m1/s1. The van der Waals surface area contributed by atoms with Gasteiger partial charge < -0.3 is 14.2 Å². The molecule has 2 aliphatic heterocycles. The van der Waals surface area contributed by atoms with Gasteiger partial charge in [0.15, 0.2) is 0 Å². The molecule has 2 aliphatic rings. The predicted molar refractivity (Wildman–Crippen MR) is 127 cm³/mol. The van der Waals surface area contributed by atoms with Crippen LogP contribution in [0.25, 0.3) is 0 Å². The van der Waals surface area contributed by atoms with Crippen LogP contribution in [0.1, 0.15) is 56.0 Å². The molecule has 2 saturated heterocycles. The van der Waals surface area contributed by atoms with Crippen LogP contribution in [0, 0.1) is 0 Å². The van der Waals surface area contributed by atoms with Crippen molar-refractivity contribution < 1.29 is 19.1 Å². The summed E-state index contributed by atoms with van der Waals surface area (Å²) in [6.07, 6.45) is 6.66. The van der Waals surface area contributed by atoms with Crippen LogP contribution in [0.4, 0.5) is 0 Å². The van der Waals surface area contributed by atoms with Gasteiger partial charge in [-0.25, -0.2) is 4.98 Å². The van der Waals surface area contributed by atoms with E-state index in [1.54, 1.807) is 37.6 Å². The molecule has 0 bridgehead atoms. The van der Waals surface area contributed by atoms with Gasteiger partial charge in [-0.05, 0) is 37.3 Å². The van der Waals surface area contributed by atoms with E-state index in [0.29, 0.717) is 30.2 Å². The fourth-order valence-electron chi connectivity index (χ4n) is 5.24. The van der Waals surface area contributed by atoms with Crippen molar-refractivity contribution in [1.82, 2.24) is 19.4 Å². The summed E-state index contributed by atoms with van der Waals surface area (Å²) in [6.45, 7) is 1.29. The number of aromatic nitrogens is 2. The van der Waals surface area contributed by atoms with Gasteiger partial charge in [-0.2, -0.15) is 0 Å². The Hall–Kier alpha value is -2.71. The molecule has 0 saturated carbocycles. The molecule has 8 nitrogen and oxygen atoms in total. The topological polar surface area (TPSA) is 84.7 Å². The van der Waals surface area contributed by atoms with Crippen molar-refractivity contribution in [3.63, 3.8) is 0 Å². The van der Waals surface area contributed by atoms with Crippen molar-refractivity contribution in [3.8, 4) is 0 Å². The molecular formula is C25H31ClN4O4. The SMILES string of the molecule is COCCCN1C(=O)C[C@@](CC(=O)N2CCCC[C@@H]2c2nccn2C)(c2ccccc2Cl)C1=O. The Labute approximate surface area is 204 Å². The van der Waals surface area contributed by atoms with Crippen LogP contribution >= 0.6 is 11.6 Å². The van der Waals surface area contributed by atoms with Crippen molar-refractivity contribution in [3.05, 3.63) is 53.1 Å². The van der Waals surface area contributed by atoms with Gasteiger partial charge in [0.05, 0.1) is 11.5 Å². The molecule has 2 aromatic rings. The van der Waals surface area contributed by atoms with E-state index in [0.717, 1.165) is 25.1 Å². The molecule has 9 heteroatoms. The number of hydrogen-bond donors (Lipinski definition) is 0. The largest absolute Gasteiger partial charge is 0.385 e. The molecule has 0 radical (unpaired) electrons. The van der Waals surface area contributed by atoms with Crippen LogP contribution in [-0.4, -0.2) is 63.9 Å². The minimum Gasteiger partial charge on any atom is -0.385 e. The predicted octanol–water partition coefficient (Wildman–Crippen LogP) is 3.25. The summed E-state index contributed by atoms with van der Waals surface area (Å²) < 4.78 is 7.02. The number of carbonyl (C=O) groups excluding carboxylic acids is 3. The number of imide groups is 1. The van der Waals surface area contributed by atoms with Crippen molar-refractivity contribution in [2.75, 3.05) is 26.8 Å². The number of hydrogen-bond acceptors (Lipinski definition) is 5. The van der Waals surface area contributed by atoms with Crippen molar-refractivity contribution in [2.24, 2.45) is 7.05 Å². The lowest BCUT2D eigenvalue weighted by atomic mass is 9.75. The summed E-state index contributed by atoms with van der Waals surface area (Å²) in [5, 5.41) is 0.384. The zero-order valence-electron chi connectivity index (χ0n) is 19.7. The summed E-state index contributed by atoms with van der Waals surface area (Å²) in [5.41, 5.74) is -0.786. The zero-order chi connectivity index (χ0) is 24.3. The highest BCUT2D eigenvalue weighted by molar-refractivity contribution is 6.32. The number of imidazole rings is 1. The van der Waals surface area contributed by atoms with E-state index in [1.165, 1.54) is 4.90 Å². The van der Waals surface area contributed by atoms with Gasteiger partial charge in [-0.1, -0.05) is 29.8 Å². The Kier molecular flexibility index (Phi) is 7.38. The van der Waals surface area contributed by atoms with Crippen molar-refractivity contribution >= 4 is 29.3 Å². The molecule has 2 fully saturated rings. The number of amides is 3. The molecule has 1 aromatic carbocycles. The summed E-state index contributed by atoms with van der Waals surface area (Å²) in [6, 6.07) is 6.86. The molecule has 182 valence electrons. The first kappa shape index (κ1) is 24.4. The summed E-state index contributed by atoms with van der Waals surface area (Å²) in [7, 11) is 3.50. The van der Waals surface area contributed by atoms with Crippen LogP contribution in [0.3, 0.4) is 0 Å². The van der Waals surface area contributed by atoms with E-state index in [9.17, 15) is 14.4 Å². The quantitative estimate of drug-likeness (QED) is 0.422. The lowest BCUT2D eigenvalue weighted by Crippen LogP contribution is -2.46. The van der Waals surface area contributed by atoms with Crippen LogP contribution in [-0.2, 0) is 31.6 Å². The normalized spacial score (nSPS) is 23.1. The fourth-order valence-corrected chi connectivity index (χ4v) is 5.56. The second-order valence-corrected chi connectivity index (χ2v) is 9.51. The van der Waals surface area contributed by atoms with E-state index in [-0.39, 0.29) is 43.1 Å². The van der Waals surface area contributed by atoms with Gasteiger partial charge in [0.2, 0.25) is 17.7 Å². The van der Waals surface area contributed by atoms with Crippen molar-refractivity contribution in [1.29, 1.82) is 0 Å². The average Bonchev–Trinajstić information content (AvgIpc) is 3.36. The lowest BCUT2D eigenvalue weighted by Gasteiger charge is -2.37. The van der Waals surface area contributed by atoms with Crippen LogP contribution < -0.4 is 0 Å². The Morgan fingerprint density at radius 3 is 2.76 bits per heavy atom. The Bertz CT molecular complexity index is 1070. The molecule has 0 unspecified atom stereocenters. The Morgan fingerprint density at radius 2 is 2.06 bits per heavy atom. The third kappa shape index (κ3) is 4.49. The van der Waals surface area contributed by atoms with E-state index in [2.05, 4.69) is 4.98 Å².